The van der Waals surface area contributed by atoms with Crippen LogP contribution in [0, 0.1) is 5.92 Å². The Kier molecular flexibility index (Phi) is 3.48. The van der Waals surface area contributed by atoms with Gasteiger partial charge in [0.25, 0.3) is 0 Å². The van der Waals surface area contributed by atoms with Crippen LogP contribution in [0.25, 0.3) is 0 Å². The van der Waals surface area contributed by atoms with Crippen molar-refractivity contribution >= 4 is 12.4 Å². The summed E-state index contributed by atoms with van der Waals surface area (Å²) in [5, 5.41) is 22.5. The van der Waals surface area contributed by atoms with Gasteiger partial charge >= 0.3 is 0 Å². The highest BCUT2D eigenvalue weighted by Gasteiger charge is 2.72. The Morgan fingerprint density at radius 1 is 1.23 bits per heavy atom. The van der Waals surface area contributed by atoms with E-state index in [-0.39, 0.29) is 36.3 Å². The van der Waals surface area contributed by atoms with E-state index in [9.17, 15) is 10.2 Å². The molecule has 6 rings (SSSR count). The van der Waals surface area contributed by atoms with Crippen molar-refractivity contribution in [2.45, 2.75) is 67.7 Å². The molecule has 2 aliphatic heterocycles. The first kappa shape index (κ1) is 17.1. The molecule has 2 bridgehead atoms. The van der Waals surface area contributed by atoms with E-state index in [2.05, 4.69) is 4.90 Å². The Bertz CT molecular complexity index is 770. The Morgan fingerprint density at radius 3 is 2.81 bits per heavy atom. The van der Waals surface area contributed by atoms with Crippen LogP contribution in [0.3, 0.4) is 0 Å². The summed E-state index contributed by atoms with van der Waals surface area (Å²) < 4.78 is 6.26. The average Bonchev–Trinajstić information content (AvgIpc) is 3.32. The van der Waals surface area contributed by atoms with Crippen molar-refractivity contribution in [2.75, 3.05) is 13.1 Å². The Balaban J connectivity index is 0.00000150. The molecule has 1 saturated heterocycles. The van der Waals surface area contributed by atoms with Gasteiger partial charge in [-0.3, -0.25) is 4.90 Å². The van der Waals surface area contributed by atoms with Crippen LogP contribution in [0.5, 0.6) is 11.5 Å². The quantitative estimate of drug-likeness (QED) is 0.730. The fourth-order valence-corrected chi connectivity index (χ4v) is 6.52. The number of nitrogens with two attached hydrogens (primary N) is 1. The molecule has 0 aromatic heterocycles. The maximum absolute atomic E-state index is 12.1. The molecule has 3 aliphatic carbocycles. The number of hydrogen-bond acceptors (Lipinski definition) is 5. The van der Waals surface area contributed by atoms with Crippen molar-refractivity contribution in [1.82, 2.24) is 4.90 Å². The summed E-state index contributed by atoms with van der Waals surface area (Å²) in [6.07, 6.45) is 5.66. The van der Waals surface area contributed by atoms with E-state index < -0.39 is 11.0 Å². The van der Waals surface area contributed by atoms with Gasteiger partial charge < -0.3 is 20.7 Å². The molecule has 0 radical (unpaired) electrons. The van der Waals surface area contributed by atoms with Crippen LogP contribution in [0.1, 0.15) is 43.2 Å². The molecule has 5 atom stereocenters. The number of ether oxygens (including phenoxy) is 1. The summed E-state index contributed by atoms with van der Waals surface area (Å²) in [4.78, 5) is 2.55. The third-order valence-electron chi connectivity index (χ3n) is 7.81. The van der Waals surface area contributed by atoms with E-state index >= 15 is 0 Å². The lowest BCUT2D eigenvalue weighted by Crippen LogP contribution is -2.77. The summed E-state index contributed by atoms with van der Waals surface area (Å²) >= 11 is 0. The molecule has 26 heavy (non-hydrogen) atoms. The number of piperidine rings is 1. The fraction of sp³-hybridized carbons (Fsp3) is 0.700. The minimum Gasteiger partial charge on any atom is -0.504 e. The van der Waals surface area contributed by atoms with E-state index in [4.69, 9.17) is 10.5 Å². The van der Waals surface area contributed by atoms with Crippen LogP contribution in [0.2, 0.25) is 0 Å². The van der Waals surface area contributed by atoms with Crippen LogP contribution >= 0.6 is 12.4 Å². The third-order valence-corrected chi connectivity index (χ3v) is 7.81. The lowest BCUT2D eigenvalue weighted by atomic mass is 9.48. The lowest BCUT2D eigenvalue weighted by Gasteiger charge is -2.64. The van der Waals surface area contributed by atoms with Crippen LogP contribution < -0.4 is 10.5 Å². The molecule has 2 saturated carbocycles. The van der Waals surface area contributed by atoms with Crippen LogP contribution in [-0.4, -0.2) is 52.0 Å². The van der Waals surface area contributed by atoms with E-state index in [1.165, 1.54) is 18.4 Å². The van der Waals surface area contributed by atoms with Gasteiger partial charge in [0.1, 0.15) is 6.10 Å². The molecule has 1 aromatic rings. The number of nitrogens with zero attached hydrogens (tertiary/aromatic N) is 1. The van der Waals surface area contributed by atoms with Crippen molar-refractivity contribution < 1.29 is 14.9 Å². The van der Waals surface area contributed by atoms with Gasteiger partial charge in [-0.15, -0.1) is 12.4 Å². The zero-order valence-electron chi connectivity index (χ0n) is 14.9. The number of likely N-dealkylation sites (tertiary alicyclic amines) is 1. The van der Waals surface area contributed by atoms with Gasteiger partial charge in [-0.05, 0) is 62.6 Å². The van der Waals surface area contributed by atoms with Gasteiger partial charge in [-0.1, -0.05) is 6.07 Å². The SMILES string of the molecule is Cl.N[C@@H]1CC[C@@]2(O)[C@H]3Cc4ccc(O)c5c4[C@@]2(CCN3CC2CC2)C1O5. The molecule has 1 unspecified atom stereocenters. The summed E-state index contributed by atoms with van der Waals surface area (Å²) in [5.41, 5.74) is 7.53. The Morgan fingerprint density at radius 2 is 2.04 bits per heavy atom. The monoisotopic (exact) mass is 378 g/mol. The molecule has 5 aliphatic rings. The second kappa shape index (κ2) is 5.28. The first-order valence-electron chi connectivity index (χ1n) is 9.78. The van der Waals surface area contributed by atoms with Crippen molar-refractivity contribution in [3.05, 3.63) is 23.3 Å². The van der Waals surface area contributed by atoms with Gasteiger partial charge in [-0.2, -0.15) is 0 Å². The molecule has 0 amide bonds. The zero-order chi connectivity index (χ0) is 17.0. The van der Waals surface area contributed by atoms with Crippen molar-refractivity contribution in [1.29, 1.82) is 0 Å². The average molecular weight is 379 g/mol. The van der Waals surface area contributed by atoms with Crippen molar-refractivity contribution in [3.63, 3.8) is 0 Å². The first-order valence-corrected chi connectivity index (χ1v) is 9.78. The van der Waals surface area contributed by atoms with Gasteiger partial charge in [0.15, 0.2) is 11.5 Å². The Labute approximate surface area is 159 Å². The molecule has 4 N–H and O–H groups in total. The molecular formula is C20H27ClN2O3. The number of benzene rings is 1. The molecule has 2 heterocycles. The molecule has 1 aromatic carbocycles. The standard InChI is InChI=1S/C20H26N2O3.ClH/c21-13-5-6-20(24)15-9-12-3-4-14(23)17-16(12)19(20,18(13)25-17)7-8-22(15)10-11-1-2-11;/h3-4,11,13,15,18,23-24H,1-2,5-10,21H2;1H/t13-,15-,18?,19+,20-;/m1./s1. The topological polar surface area (TPSA) is 79.0 Å². The Hall–Kier alpha value is -1.01. The van der Waals surface area contributed by atoms with Gasteiger partial charge in [-0.25, -0.2) is 0 Å². The van der Waals surface area contributed by atoms with Gasteiger partial charge in [0.2, 0.25) is 0 Å². The van der Waals surface area contributed by atoms with Crippen LogP contribution in [0.4, 0.5) is 0 Å². The molecule has 3 fully saturated rings. The zero-order valence-corrected chi connectivity index (χ0v) is 15.7. The van der Waals surface area contributed by atoms with Crippen molar-refractivity contribution in [3.8, 4) is 11.5 Å². The summed E-state index contributed by atoms with van der Waals surface area (Å²) in [5.74, 6) is 1.60. The second-order valence-electron chi connectivity index (χ2n) is 8.99. The number of phenolic OH excluding ortho intramolecular Hbond substituents is 1. The van der Waals surface area contributed by atoms with Crippen LogP contribution in [0.15, 0.2) is 12.1 Å². The maximum Gasteiger partial charge on any atom is 0.165 e. The fourth-order valence-electron chi connectivity index (χ4n) is 6.52. The van der Waals surface area contributed by atoms with Gasteiger partial charge in [0.05, 0.1) is 11.0 Å². The van der Waals surface area contributed by atoms with E-state index in [0.717, 1.165) is 50.3 Å². The van der Waals surface area contributed by atoms with Crippen LogP contribution in [-0.2, 0) is 11.8 Å². The highest BCUT2D eigenvalue weighted by atomic mass is 35.5. The predicted molar refractivity (Wildman–Crippen MR) is 100 cm³/mol. The van der Waals surface area contributed by atoms with E-state index in [1.54, 1.807) is 6.07 Å². The summed E-state index contributed by atoms with van der Waals surface area (Å²) in [6.45, 7) is 2.10. The molecule has 6 heteroatoms. The normalized spacial score (nSPS) is 42.6. The second-order valence-corrected chi connectivity index (χ2v) is 8.99. The highest BCUT2D eigenvalue weighted by molar-refractivity contribution is 5.85. The number of aliphatic hydroxyl groups is 1. The number of rotatable bonds is 2. The van der Waals surface area contributed by atoms with E-state index in [0.29, 0.717) is 5.75 Å². The number of aromatic hydroxyl groups is 1. The lowest BCUT2D eigenvalue weighted by molar-refractivity contribution is -0.189. The molecule has 142 valence electrons. The maximum atomic E-state index is 12.1. The summed E-state index contributed by atoms with van der Waals surface area (Å²) in [7, 11) is 0. The smallest absolute Gasteiger partial charge is 0.165 e. The van der Waals surface area contributed by atoms with Gasteiger partial charge in [0, 0.05) is 24.2 Å². The first-order chi connectivity index (χ1) is 12.0. The predicted octanol–water partition coefficient (Wildman–Crippen LogP) is 1.71. The molecule has 5 nitrogen and oxygen atoms in total. The number of hydrogen-bond donors (Lipinski definition) is 3. The highest BCUT2D eigenvalue weighted by Crippen LogP contribution is 2.65. The minimum absolute atomic E-state index is 0. The third kappa shape index (κ3) is 1.83. The van der Waals surface area contributed by atoms with Crippen molar-refractivity contribution in [2.24, 2.45) is 11.7 Å². The molecule has 1 spiro atoms. The number of phenols is 1. The molecular weight excluding hydrogens is 352 g/mol. The minimum atomic E-state index is -0.799. The summed E-state index contributed by atoms with van der Waals surface area (Å²) in [6, 6.07) is 3.84. The number of halogens is 1. The largest absolute Gasteiger partial charge is 0.504 e. The van der Waals surface area contributed by atoms with E-state index in [1.807, 2.05) is 6.07 Å².